The number of aromatic nitrogens is 4. The van der Waals surface area contributed by atoms with Crippen molar-refractivity contribution in [2.24, 2.45) is 0 Å². The Labute approximate surface area is 298 Å². The molecule has 0 radical (unpaired) electrons. The first-order valence-electron chi connectivity index (χ1n) is 17.5. The summed E-state index contributed by atoms with van der Waals surface area (Å²) in [6.07, 6.45) is 8.74. The van der Waals surface area contributed by atoms with Gasteiger partial charge in [-0.3, -0.25) is 19.9 Å². The number of nitrogens with zero attached hydrogens (tertiary/aromatic N) is 4. The lowest BCUT2D eigenvalue weighted by Crippen LogP contribution is -2.74. The Morgan fingerprint density at radius 1 is 0.314 bits per heavy atom. The van der Waals surface area contributed by atoms with E-state index in [0.29, 0.717) is 0 Å². The monoisotopic (exact) mass is 682 g/mol. The normalized spacial score (nSPS) is 14.9. The fourth-order valence-electron chi connectivity index (χ4n) is 9.35. The van der Waals surface area contributed by atoms with E-state index in [1.54, 1.807) is 0 Å². The third-order valence-electron chi connectivity index (χ3n) is 11.4. The second kappa shape index (κ2) is 10.7. The molecule has 0 spiro atoms. The summed E-state index contributed by atoms with van der Waals surface area (Å²) < 4.78 is 0. The molecule has 8 aromatic rings. The van der Waals surface area contributed by atoms with Crippen molar-refractivity contribution in [3.8, 4) is 33.4 Å². The highest BCUT2D eigenvalue weighted by molar-refractivity contribution is 7.22. The maximum absolute atomic E-state index is 5.18. The zero-order valence-electron chi connectivity index (χ0n) is 27.7. The predicted molar refractivity (Wildman–Crippen MR) is 211 cm³/mol. The van der Waals surface area contributed by atoms with Crippen molar-refractivity contribution in [1.29, 1.82) is 0 Å². The molecule has 4 aromatic heterocycles. The quantitative estimate of drug-likeness (QED) is 0.267. The van der Waals surface area contributed by atoms with Crippen molar-refractivity contribution in [2.75, 3.05) is 0 Å². The summed E-state index contributed by atoms with van der Waals surface area (Å²) in [6.45, 7) is 0. The van der Waals surface area contributed by atoms with Gasteiger partial charge in [-0.15, -0.1) is 0 Å². The van der Waals surface area contributed by atoms with Crippen LogP contribution in [0.5, 0.6) is 0 Å². The van der Waals surface area contributed by atoms with Gasteiger partial charge in [0.15, 0.2) is 0 Å². The molecule has 238 valence electrons. The van der Waals surface area contributed by atoms with Gasteiger partial charge in [-0.1, -0.05) is 121 Å². The van der Waals surface area contributed by atoms with Crippen molar-refractivity contribution in [2.45, 2.75) is 6.42 Å². The average molecular weight is 683 g/mol. The Kier molecular flexibility index (Phi) is 6.03. The van der Waals surface area contributed by atoms with E-state index in [1.165, 1.54) is 86.5 Å². The van der Waals surface area contributed by atoms with Gasteiger partial charge in [0.2, 0.25) is 16.1 Å². The Hall–Kier alpha value is -6.09. The highest BCUT2D eigenvalue weighted by Crippen LogP contribution is 2.37. The van der Waals surface area contributed by atoms with E-state index in [0.717, 1.165) is 6.42 Å². The Morgan fingerprint density at radius 3 is 1.02 bits per heavy atom. The van der Waals surface area contributed by atoms with Crippen molar-refractivity contribution in [3.05, 3.63) is 182 Å². The Bertz CT molecular complexity index is 2420. The zero-order valence-corrected chi connectivity index (χ0v) is 29.7. The molecule has 6 heteroatoms. The SMILES string of the molecule is c1ccc([Si]2(c3ccc4c(c3)-c3cc([Si]5(c6ccccc6)c6ncccc6-c6cccnc65)ccc3C4)c3ncccc3-c3cccnc32)cc1. The third kappa shape index (κ3) is 3.72. The number of hydrogen-bond acceptors (Lipinski definition) is 4. The van der Waals surface area contributed by atoms with Crippen LogP contribution in [0.1, 0.15) is 11.1 Å². The molecule has 0 saturated heterocycles. The molecule has 51 heavy (non-hydrogen) atoms. The molecule has 0 atom stereocenters. The van der Waals surface area contributed by atoms with Gasteiger partial charge in [-0.25, -0.2) is 0 Å². The standard InChI is InChI=1S/C45H30N4Si2/c1-3-11-32(12-4-1)50(42-36(15-7-23-46-42)37-16-8-24-47-43(37)50)34-21-19-30-27-31-20-22-35(29-41(31)40(30)28-34)51(33-13-5-2-6-14-33)44-38(17-9-25-48-44)39-18-10-26-49-45(39)51/h1-26,28-29H,27H2. The summed E-state index contributed by atoms with van der Waals surface area (Å²) in [4.78, 5) is 20.7. The number of rotatable bonds is 4. The lowest BCUT2D eigenvalue weighted by atomic mass is 10.1. The maximum atomic E-state index is 5.18. The van der Waals surface area contributed by atoms with Crippen LogP contribution in [0, 0.1) is 0 Å². The van der Waals surface area contributed by atoms with E-state index >= 15 is 0 Å². The number of fused-ring (bicyclic) bond motifs is 9. The summed E-state index contributed by atoms with van der Waals surface area (Å²) in [6, 6.07) is 53.6. The summed E-state index contributed by atoms with van der Waals surface area (Å²) >= 11 is 0. The number of benzene rings is 4. The number of hydrogen-bond donors (Lipinski definition) is 0. The smallest absolute Gasteiger partial charge is 0.224 e. The molecule has 3 aliphatic rings. The van der Waals surface area contributed by atoms with Crippen LogP contribution in [0.3, 0.4) is 0 Å². The summed E-state index contributed by atoms with van der Waals surface area (Å²) in [5, 5.41) is 9.93. The van der Waals surface area contributed by atoms with Crippen LogP contribution in [0.15, 0.2) is 170 Å². The van der Waals surface area contributed by atoms with Crippen LogP contribution >= 0.6 is 0 Å². The zero-order chi connectivity index (χ0) is 33.6. The van der Waals surface area contributed by atoms with Crippen LogP contribution in [0.25, 0.3) is 33.4 Å². The minimum Gasteiger partial charge on any atom is -0.264 e. The van der Waals surface area contributed by atoms with Gasteiger partial charge in [0.25, 0.3) is 0 Å². The van der Waals surface area contributed by atoms with Gasteiger partial charge >= 0.3 is 0 Å². The second-order valence-electron chi connectivity index (χ2n) is 13.8. The predicted octanol–water partition coefficient (Wildman–Crippen LogP) is 3.55. The minimum atomic E-state index is -2.82. The molecule has 0 saturated carbocycles. The summed E-state index contributed by atoms with van der Waals surface area (Å²) in [5.74, 6) is 0. The molecule has 0 fully saturated rings. The van der Waals surface area contributed by atoms with Crippen molar-refractivity contribution >= 4 is 58.2 Å². The van der Waals surface area contributed by atoms with E-state index in [2.05, 4.69) is 146 Å². The molecule has 4 nitrogen and oxygen atoms in total. The first-order chi connectivity index (χ1) is 25.3. The third-order valence-corrected chi connectivity index (χ3v) is 20.6. The van der Waals surface area contributed by atoms with E-state index < -0.39 is 16.1 Å². The van der Waals surface area contributed by atoms with Gasteiger partial charge < -0.3 is 0 Å². The molecule has 0 N–H and O–H groups in total. The Morgan fingerprint density at radius 2 is 0.667 bits per heavy atom. The molecule has 11 rings (SSSR count). The summed E-state index contributed by atoms with van der Waals surface area (Å²) in [7, 11) is -5.65. The molecule has 2 aliphatic heterocycles. The highest BCUT2D eigenvalue weighted by atomic mass is 28.3. The topological polar surface area (TPSA) is 51.6 Å². The molecule has 0 unspecified atom stereocenters. The second-order valence-corrected chi connectivity index (χ2v) is 21.0. The van der Waals surface area contributed by atoms with Gasteiger partial charge in [0.05, 0.1) is 0 Å². The lowest BCUT2D eigenvalue weighted by Gasteiger charge is -2.30. The molecule has 1 aliphatic carbocycles. The van der Waals surface area contributed by atoms with Crippen molar-refractivity contribution < 1.29 is 0 Å². The Balaban J connectivity index is 1.17. The van der Waals surface area contributed by atoms with Crippen molar-refractivity contribution in [3.63, 3.8) is 0 Å². The molecule has 4 aromatic carbocycles. The fourth-order valence-corrected chi connectivity index (χ4v) is 19.0. The van der Waals surface area contributed by atoms with Gasteiger partial charge in [-0.05, 0) is 73.7 Å². The van der Waals surface area contributed by atoms with Crippen LogP contribution in [-0.4, -0.2) is 36.1 Å². The molecular weight excluding hydrogens is 653 g/mol. The van der Waals surface area contributed by atoms with E-state index in [-0.39, 0.29) is 0 Å². The van der Waals surface area contributed by atoms with Gasteiger partial charge in [0.1, 0.15) is 0 Å². The van der Waals surface area contributed by atoms with Gasteiger partial charge in [0, 0.05) is 68.3 Å². The van der Waals surface area contributed by atoms with Gasteiger partial charge in [-0.2, -0.15) is 0 Å². The molecule has 0 amide bonds. The largest absolute Gasteiger partial charge is 0.264 e. The van der Waals surface area contributed by atoms with E-state index in [1.807, 2.05) is 24.8 Å². The highest BCUT2D eigenvalue weighted by Gasteiger charge is 2.53. The minimum absolute atomic E-state index is 0.915. The molecular formula is C45H30N4Si2. The fraction of sp³-hybridized carbons (Fsp3) is 0.0222. The van der Waals surface area contributed by atoms with Crippen LogP contribution in [-0.2, 0) is 6.42 Å². The molecule has 6 heterocycles. The summed E-state index contributed by atoms with van der Waals surface area (Å²) in [5.41, 5.74) is 10.2. The number of pyridine rings is 4. The lowest BCUT2D eigenvalue weighted by molar-refractivity contribution is 1.27. The average Bonchev–Trinajstić information content (AvgIpc) is 3.83. The van der Waals surface area contributed by atoms with E-state index in [9.17, 15) is 0 Å². The first kappa shape index (κ1) is 28.7. The maximum Gasteiger partial charge on any atom is 0.224 e. The van der Waals surface area contributed by atoms with Crippen LogP contribution in [0.4, 0.5) is 0 Å². The van der Waals surface area contributed by atoms with E-state index in [4.69, 9.17) is 19.9 Å². The first-order valence-corrected chi connectivity index (χ1v) is 21.5. The van der Waals surface area contributed by atoms with Crippen LogP contribution < -0.4 is 42.0 Å². The van der Waals surface area contributed by atoms with Crippen molar-refractivity contribution in [1.82, 2.24) is 19.9 Å². The molecule has 0 bridgehead atoms. The van der Waals surface area contributed by atoms with Crippen LogP contribution in [0.2, 0.25) is 0 Å².